The Labute approximate surface area is 168 Å². The summed E-state index contributed by atoms with van der Waals surface area (Å²) >= 11 is 1.88. The van der Waals surface area contributed by atoms with E-state index in [1.165, 1.54) is 5.56 Å². The molecule has 1 saturated heterocycles. The normalized spacial score (nSPS) is 18.5. The molecule has 1 unspecified atom stereocenters. The van der Waals surface area contributed by atoms with Crippen molar-refractivity contribution in [1.29, 1.82) is 0 Å². The fourth-order valence-electron chi connectivity index (χ4n) is 3.33. The highest BCUT2D eigenvalue weighted by atomic mass is 32.2. The van der Waals surface area contributed by atoms with Gasteiger partial charge >= 0.3 is 0 Å². The number of benzene rings is 2. The van der Waals surface area contributed by atoms with Gasteiger partial charge in [0, 0.05) is 30.2 Å². The van der Waals surface area contributed by atoms with Crippen LogP contribution >= 0.6 is 11.8 Å². The van der Waals surface area contributed by atoms with Gasteiger partial charge in [-0.1, -0.05) is 12.1 Å². The molecule has 4 rings (SSSR count). The Balaban J connectivity index is 1.32. The van der Waals surface area contributed by atoms with Crippen LogP contribution in [0, 0.1) is 0 Å². The maximum atomic E-state index is 12.6. The lowest BCUT2D eigenvalue weighted by Crippen LogP contribution is -2.36. The Bertz CT molecular complexity index is 843. The molecule has 2 aromatic carbocycles. The monoisotopic (exact) mass is 401 g/mol. The molecule has 28 heavy (non-hydrogen) atoms. The fraction of sp³-hybridized carbons (Fsp3) is 0.381. The zero-order valence-corrected chi connectivity index (χ0v) is 16.6. The summed E-state index contributed by atoms with van der Waals surface area (Å²) in [5, 5.41) is 0.339. The fourth-order valence-corrected chi connectivity index (χ4v) is 4.55. The molecule has 2 heterocycles. The summed E-state index contributed by atoms with van der Waals surface area (Å²) in [4.78, 5) is 14.5. The second-order valence-corrected chi connectivity index (χ2v) is 7.92. The molecule has 2 aliphatic rings. The zero-order chi connectivity index (χ0) is 19.3. The molecule has 0 radical (unpaired) electrons. The van der Waals surface area contributed by atoms with Gasteiger partial charge in [0.2, 0.25) is 6.79 Å². The highest BCUT2D eigenvalue weighted by Crippen LogP contribution is 2.40. The molecule has 0 bridgehead atoms. The molecule has 6 nitrogen and oxygen atoms in total. The standard InChI is InChI=1S/C21H23NO5S/c1-24-16-3-2-4-17(12-16)25-13-21(23)22-8-7-20(28-10-9-22)15-5-6-18-19(11-15)27-14-26-18/h2-6,11-12,20H,7-10,13-14H2,1H3. The van der Waals surface area contributed by atoms with E-state index in [0.717, 1.165) is 30.2 Å². The van der Waals surface area contributed by atoms with Crippen molar-refractivity contribution in [3.05, 3.63) is 48.0 Å². The smallest absolute Gasteiger partial charge is 0.260 e. The summed E-state index contributed by atoms with van der Waals surface area (Å²) in [6.07, 6.45) is 0.898. The van der Waals surface area contributed by atoms with Gasteiger partial charge in [-0.05, 0) is 36.2 Å². The Morgan fingerprint density at radius 1 is 1.14 bits per heavy atom. The van der Waals surface area contributed by atoms with Gasteiger partial charge in [-0.2, -0.15) is 11.8 Å². The minimum absolute atomic E-state index is 0.00903. The van der Waals surface area contributed by atoms with E-state index in [-0.39, 0.29) is 19.3 Å². The van der Waals surface area contributed by atoms with E-state index in [2.05, 4.69) is 12.1 Å². The van der Waals surface area contributed by atoms with Crippen LogP contribution in [0.1, 0.15) is 17.2 Å². The number of amides is 1. The number of thioether (sulfide) groups is 1. The third-order valence-electron chi connectivity index (χ3n) is 4.87. The number of fused-ring (bicyclic) bond motifs is 1. The first-order chi connectivity index (χ1) is 13.7. The molecular formula is C21H23NO5S. The van der Waals surface area contributed by atoms with Crippen LogP contribution in [0.4, 0.5) is 0 Å². The summed E-state index contributed by atoms with van der Waals surface area (Å²) in [5.74, 6) is 3.85. The Hall–Kier alpha value is -2.54. The van der Waals surface area contributed by atoms with Crippen molar-refractivity contribution in [3.63, 3.8) is 0 Å². The second-order valence-electron chi connectivity index (χ2n) is 6.61. The number of hydrogen-bond donors (Lipinski definition) is 0. The van der Waals surface area contributed by atoms with Crippen molar-refractivity contribution in [1.82, 2.24) is 4.90 Å². The second kappa shape index (κ2) is 8.65. The maximum Gasteiger partial charge on any atom is 0.260 e. The van der Waals surface area contributed by atoms with Crippen molar-refractivity contribution in [2.75, 3.05) is 39.4 Å². The number of nitrogens with zero attached hydrogens (tertiary/aromatic N) is 1. The molecule has 0 aliphatic carbocycles. The molecule has 1 fully saturated rings. The summed E-state index contributed by atoms with van der Waals surface area (Å²) < 4.78 is 21.7. The third kappa shape index (κ3) is 4.30. The van der Waals surface area contributed by atoms with Crippen LogP contribution in [0.5, 0.6) is 23.0 Å². The molecule has 2 aromatic rings. The van der Waals surface area contributed by atoms with E-state index in [4.69, 9.17) is 18.9 Å². The summed E-state index contributed by atoms with van der Waals surface area (Å²) in [6, 6.07) is 13.4. The Morgan fingerprint density at radius 2 is 2.00 bits per heavy atom. The van der Waals surface area contributed by atoms with Crippen molar-refractivity contribution in [3.8, 4) is 23.0 Å². The first-order valence-electron chi connectivity index (χ1n) is 9.29. The number of hydrogen-bond acceptors (Lipinski definition) is 6. The van der Waals surface area contributed by atoms with Crippen molar-refractivity contribution in [2.45, 2.75) is 11.7 Å². The van der Waals surface area contributed by atoms with Crippen LogP contribution in [0.15, 0.2) is 42.5 Å². The Kier molecular flexibility index (Phi) is 5.81. The topological polar surface area (TPSA) is 57.2 Å². The quantitative estimate of drug-likeness (QED) is 0.764. The van der Waals surface area contributed by atoms with E-state index in [9.17, 15) is 4.79 Å². The van der Waals surface area contributed by atoms with Crippen LogP contribution in [0.2, 0.25) is 0 Å². The number of carbonyl (C=O) groups excluding carboxylic acids is 1. The average Bonchev–Trinajstić information content (AvgIpc) is 3.06. The molecule has 0 saturated carbocycles. The third-order valence-corrected chi connectivity index (χ3v) is 6.19. The summed E-state index contributed by atoms with van der Waals surface area (Å²) in [6.45, 7) is 1.76. The molecule has 0 spiro atoms. The van der Waals surface area contributed by atoms with E-state index in [1.54, 1.807) is 13.2 Å². The first kappa shape index (κ1) is 18.8. The SMILES string of the molecule is COc1cccc(OCC(=O)N2CCSC(c3ccc4c(c3)OCO4)CC2)c1. The summed E-state index contributed by atoms with van der Waals surface area (Å²) in [7, 11) is 1.61. The van der Waals surface area contributed by atoms with Gasteiger partial charge in [0.1, 0.15) is 11.5 Å². The van der Waals surface area contributed by atoms with Gasteiger partial charge in [0.15, 0.2) is 18.1 Å². The largest absolute Gasteiger partial charge is 0.497 e. The molecule has 0 N–H and O–H groups in total. The highest BCUT2D eigenvalue weighted by Gasteiger charge is 2.24. The molecule has 7 heteroatoms. The van der Waals surface area contributed by atoms with E-state index in [0.29, 0.717) is 23.3 Å². The van der Waals surface area contributed by atoms with Gasteiger partial charge in [-0.3, -0.25) is 4.79 Å². The predicted octanol–water partition coefficient (Wildman–Crippen LogP) is 3.51. The van der Waals surface area contributed by atoms with Crippen molar-refractivity contribution in [2.24, 2.45) is 0 Å². The van der Waals surface area contributed by atoms with Crippen LogP contribution in [0.25, 0.3) is 0 Å². The predicted molar refractivity (Wildman–Crippen MR) is 107 cm³/mol. The van der Waals surface area contributed by atoms with Crippen LogP contribution < -0.4 is 18.9 Å². The number of ether oxygens (including phenoxy) is 4. The van der Waals surface area contributed by atoms with Gasteiger partial charge in [0.05, 0.1) is 7.11 Å². The van der Waals surface area contributed by atoms with Crippen molar-refractivity contribution >= 4 is 17.7 Å². The highest BCUT2D eigenvalue weighted by molar-refractivity contribution is 7.99. The molecular weight excluding hydrogens is 378 g/mol. The molecule has 0 aromatic heterocycles. The average molecular weight is 401 g/mol. The number of carbonyl (C=O) groups is 1. The van der Waals surface area contributed by atoms with E-state index < -0.39 is 0 Å². The number of rotatable bonds is 5. The van der Waals surface area contributed by atoms with Gasteiger partial charge in [0.25, 0.3) is 5.91 Å². The minimum Gasteiger partial charge on any atom is -0.497 e. The van der Waals surface area contributed by atoms with Gasteiger partial charge < -0.3 is 23.8 Å². The number of methoxy groups -OCH3 is 1. The van der Waals surface area contributed by atoms with Gasteiger partial charge in [-0.15, -0.1) is 0 Å². The van der Waals surface area contributed by atoms with Crippen molar-refractivity contribution < 1.29 is 23.7 Å². The summed E-state index contributed by atoms with van der Waals surface area (Å²) in [5.41, 5.74) is 1.22. The van der Waals surface area contributed by atoms with E-state index >= 15 is 0 Å². The minimum atomic E-state index is 0.00903. The molecule has 148 valence electrons. The lowest BCUT2D eigenvalue weighted by Gasteiger charge is -2.20. The van der Waals surface area contributed by atoms with Gasteiger partial charge in [-0.25, -0.2) is 0 Å². The Morgan fingerprint density at radius 3 is 2.89 bits per heavy atom. The van der Waals surface area contributed by atoms with Crippen LogP contribution in [0.3, 0.4) is 0 Å². The first-order valence-corrected chi connectivity index (χ1v) is 10.3. The van der Waals surface area contributed by atoms with E-state index in [1.807, 2.05) is 40.9 Å². The molecule has 2 aliphatic heterocycles. The molecule has 1 atom stereocenters. The van der Waals surface area contributed by atoms with Crippen LogP contribution in [-0.2, 0) is 4.79 Å². The lowest BCUT2D eigenvalue weighted by atomic mass is 10.1. The molecule has 1 amide bonds. The zero-order valence-electron chi connectivity index (χ0n) is 15.8. The lowest BCUT2D eigenvalue weighted by molar-refractivity contribution is -0.133. The van der Waals surface area contributed by atoms with Crippen LogP contribution in [-0.4, -0.2) is 50.2 Å². The maximum absolute atomic E-state index is 12.6.